The largest absolute Gasteiger partial charge is 0.353 e. The van der Waals surface area contributed by atoms with Crippen LogP contribution in [0.25, 0.3) is 0 Å². The van der Waals surface area contributed by atoms with E-state index in [2.05, 4.69) is 25.3 Å². The average molecular weight is 345 g/mol. The van der Waals surface area contributed by atoms with E-state index in [1.807, 2.05) is 18.5 Å². The van der Waals surface area contributed by atoms with Crippen LogP contribution in [0, 0.1) is 6.92 Å². The van der Waals surface area contributed by atoms with E-state index in [4.69, 9.17) is 4.99 Å². The van der Waals surface area contributed by atoms with Crippen LogP contribution in [0.2, 0.25) is 0 Å². The molecule has 1 aliphatic carbocycles. The van der Waals surface area contributed by atoms with Crippen LogP contribution < -0.4 is 5.32 Å². The number of hydrogen-bond acceptors (Lipinski definition) is 4. The minimum absolute atomic E-state index is 0.595. The van der Waals surface area contributed by atoms with Crippen molar-refractivity contribution in [3.8, 4) is 0 Å². The monoisotopic (exact) mass is 345 g/mol. The summed E-state index contributed by atoms with van der Waals surface area (Å²) in [7, 11) is 2.01. The second-order valence-electron chi connectivity index (χ2n) is 7.77. The van der Waals surface area contributed by atoms with Gasteiger partial charge in [0, 0.05) is 32.2 Å². The zero-order chi connectivity index (χ0) is 17.2. The third-order valence-corrected chi connectivity index (χ3v) is 5.83. The van der Waals surface area contributed by atoms with Gasteiger partial charge in [0.25, 0.3) is 0 Å². The lowest BCUT2D eigenvalue weighted by Crippen LogP contribution is -2.45. The molecular formula is C18H31N7. The number of likely N-dealkylation sites (tertiary alicyclic amines) is 2. The highest BCUT2D eigenvalue weighted by atomic mass is 15.4. The fourth-order valence-electron chi connectivity index (χ4n) is 3.90. The summed E-state index contributed by atoms with van der Waals surface area (Å²) < 4.78 is 2.03. The van der Waals surface area contributed by atoms with Gasteiger partial charge in [-0.1, -0.05) is 6.42 Å². The summed E-state index contributed by atoms with van der Waals surface area (Å²) in [6.45, 7) is 7.34. The maximum absolute atomic E-state index is 4.90. The third kappa shape index (κ3) is 3.97. The van der Waals surface area contributed by atoms with E-state index >= 15 is 0 Å². The molecule has 0 bridgehead atoms. The molecule has 1 N–H and O–H groups in total. The Hall–Kier alpha value is -1.63. The van der Waals surface area contributed by atoms with Crippen molar-refractivity contribution in [1.29, 1.82) is 0 Å². The number of guanidine groups is 1. The quantitative estimate of drug-likeness (QED) is 0.658. The molecule has 1 atom stereocenters. The van der Waals surface area contributed by atoms with Crippen LogP contribution in [0.5, 0.6) is 0 Å². The Kier molecular flexibility index (Phi) is 4.92. The van der Waals surface area contributed by atoms with E-state index in [0.717, 1.165) is 30.7 Å². The molecule has 7 nitrogen and oxygen atoms in total. The Morgan fingerprint density at radius 1 is 1.12 bits per heavy atom. The van der Waals surface area contributed by atoms with Crippen molar-refractivity contribution in [3.63, 3.8) is 0 Å². The molecule has 7 heteroatoms. The normalized spacial score (nSPS) is 25.6. The molecule has 3 heterocycles. The number of rotatable bonds is 4. The van der Waals surface area contributed by atoms with Gasteiger partial charge in [-0.2, -0.15) is 0 Å². The molecule has 1 unspecified atom stereocenters. The molecule has 0 amide bonds. The van der Waals surface area contributed by atoms with E-state index in [1.165, 1.54) is 51.6 Å². The summed E-state index contributed by atoms with van der Waals surface area (Å²) in [6, 6.07) is 1.32. The average Bonchev–Trinajstić information content (AvgIpc) is 3.22. The predicted molar refractivity (Wildman–Crippen MR) is 98.4 cm³/mol. The van der Waals surface area contributed by atoms with Crippen LogP contribution >= 0.6 is 0 Å². The van der Waals surface area contributed by atoms with Crippen molar-refractivity contribution in [2.24, 2.45) is 12.0 Å². The molecule has 0 spiro atoms. The smallest absolute Gasteiger partial charge is 0.194 e. The molecule has 138 valence electrons. The summed E-state index contributed by atoms with van der Waals surface area (Å²) >= 11 is 0. The van der Waals surface area contributed by atoms with Crippen LogP contribution in [0.1, 0.15) is 50.2 Å². The number of aromatic nitrogens is 3. The number of aliphatic imine (C=N–C) groups is 1. The highest BCUT2D eigenvalue weighted by molar-refractivity contribution is 5.81. The Labute approximate surface area is 150 Å². The standard InChI is InChI=1S/C18H31N7/c1-14-21-22-17(23(14)2)12-19-18(20-15-6-7-15)25-11-8-16(13-25)24-9-4-3-5-10-24/h15-16H,3-13H2,1-2H3,(H,19,20). The number of nitrogens with zero attached hydrogens (tertiary/aromatic N) is 6. The molecule has 3 aliphatic rings. The zero-order valence-corrected chi connectivity index (χ0v) is 15.6. The molecule has 0 aromatic carbocycles. The van der Waals surface area contributed by atoms with Gasteiger partial charge >= 0.3 is 0 Å². The van der Waals surface area contributed by atoms with Gasteiger partial charge in [-0.05, 0) is 52.1 Å². The highest BCUT2D eigenvalue weighted by Crippen LogP contribution is 2.23. The summed E-state index contributed by atoms with van der Waals surface area (Å²) in [6.07, 6.45) is 7.93. The third-order valence-electron chi connectivity index (χ3n) is 5.83. The Morgan fingerprint density at radius 2 is 1.92 bits per heavy atom. The van der Waals surface area contributed by atoms with Crippen molar-refractivity contribution in [1.82, 2.24) is 29.9 Å². The van der Waals surface area contributed by atoms with Crippen molar-refractivity contribution in [2.75, 3.05) is 26.2 Å². The minimum Gasteiger partial charge on any atom is -0.353 e. The first-order valence-electron chi connectivity index (χ1n) is 9.85. The maximum atomic E-state index is 4.90. The maximum Gasteiger partial charge on any atom is 0.194 e. The second-order valence-corrected chi connectivity index (χ2v) is 7.77. The van der Waals surface area contributed by atoms with Crippen LogP contribution in [-0.2, 0) is 13.6 Å². The van der Waals surface area contributed by atoms with Gasteiger partial charge in [0.1, 0.15) is 12.4 Å². The molecule has 1 saturated carbocycles. The fourth-order valence-corrected chi connectivity index (χ4v) is 3.90. The lowest BCUT2D eigenvalue weighted by Gasteiger charge is -2.32. The molecule has 2 aliphatic heterocycles. The summed E-state index contributed by atoms with van der Waals surface area (Å²) in [4.78, 5) is 10.1. The van der Waals surface area contributed by atoms with Gasteiger partial charge < -0.3 is 14.8 Å². The van der Waals surface area contributed by atoms with Crippen molar-refractivity contribution in [2.45, 2.75) is 64.1 Å². The summed E-state index contributed by atoms with van der Waals surface area (Å²) in [5, 5.41) is 12.0. The summed E-state index contributed by atoms with van der Waals surface area (Å²) in [5.74, 6) is 2.94. The molecule has 4 rings (SSSR count). The van der Waals surface area contributed by atoms with Gasteiger partial charge in [-0.3, -0.25) is 4.90 Å². The topological polar surface area (TPSA) is 61.6 Å². The lowest BCUT2D eigenvalue weighted by molar-refractivity contribution is 0.168. The van der Waals surface area contributed by atoms with Gasteiger partial charge in [0.2, 0.25) is 0 Å². The SMILES string of the molecule is Cc1nnc(CN=C(NC2CC2)N2CCC(N3CCCCC3)C2)n1C. The van der Waals surface area contributed by atoms with Gasteiger partial charge in [-0.25, -0.2) is 4.99 Å². The Bertz CT molecular complexity index is 613. The first kappa shape index (κ1) is 16.8. The van der Waals surface area contributed by atoms with Crippen molar-refractivity contribution >= 4 is 5.96 Å². The van der Waals surface area contributed by atoms with E-state index in [0.29, 0.717) is 18.6 Å². The first-order chi connectivity index (χ1) is 12.2. The number of aryl methyl sites for hydroxylation is 1. The molecule has 2 saturated heterocycles. The van der Waals surface area contributed by atoms with Crippen molar-refractivity contribution < 1.29 is 0 Å². The highest BCUT2D eigenvalue weighted by Gasteiger charge is 2.32. The van der Waals surface area contributed by atoms with Crippen LogP contribution in [0.15, 0.2) is 4.99 Å². The minimum atomic E-state index is 0.595. The molecule has 1 aromatic heterocycles. The predicted octanol–water partition coefficient (Wildman–Crippen LogP) is 1.29. The number of nitrogens with one attached hydrogen (secondary N) is 1. The van der Waals surface area contributed by atoms with Crippen LogP contribution in [0.4, 0.5) is 0 Å². The van der Waals surface area contributed by atoms with Gasteiger partial charge in [0.05, 0.1) is 0 Å². The molecule has 1 aromatic rings. The molecule has 3 fully saturated rings. The zero-order valence-electron chi connectivity index (χ0n) is 15.6. The Balaban J connectivity index is 1.41. The number of hydrogen-bond donors (Lipinski definition) is 1. The van der Waals surface area contributed by atoms with E-state index in [1.54, 1.807) is 0 Å². The second kappa shape index (κ2) is 7.32. The lowest BCUT2D eigenvalue weighted by atomic mass is 10.1. The summed E-state index contributed by atoms with van der Waals surface area (Å²) in [5.41, 5.74) is 0. The van der Waals surface area contributed by atoms with E-state index < -0.39 is 0 Å². The first-order valence-corrected chi connectivity index (χ1v) is 9.85. The van der Waals surface area contributed by atoms with E-state index in [9.17, 15) is 0 Å². The van der Waals surface area contributed by atoms with Gasteiger partial charge in [-0.15, -0.1) is 10.2 Å². The number of piperidine rings is 1. The molecule has 0 radical (unpaired) electrons. The van der Waals surface area contributed by atoms with Crippen molar-refractivity contribution in [3.05, 3.63) is 11.6 Å². The molecule has 25 heavy (non-hydrogen) atoms. The van der Waals surface area contributed by atoms with Gasteiger partial charge in [0.15, 0.2) is 11.8 Å². The Morgan fingerprint density at radius 3 is 2.60 bits per heavy atom. The van der Waals surface area contributed by atoms with Crippen LogP contribution in [-0.4, -0.2) is 68.8 Å². The fraction of sp³-hybridized carbons (Fsp3) is 0.833. The molecular weight excluding hydrogens is 314 g/mol. The van der Waals surface area contributed by atoms with E-state index in [-0.39, 0.29) is 0 Å². The van der Waals surface area contributed by atoms with Crippen LogP contribution in [0.3, 0.4) is 0 Å².